The average molecular weight is 288 g/mol. The van der Waals surface area contributed by atoms with Gasteiger partial charge in [0, 0.05) is 37.2 Å². The Bertz CT molecular complexity index is 460. The van der Waals surface area contributed by atoms with E-state index in [0.29, 0.717) is 12.1 Å². The van der Waals surface area contributed by atoms with E-state index < -0.39 is 0 Å². The summed E-state index contributed by atoms with van der Waals surface area (Å²) in [4.78, 5) is 2.69. The highest BCUT2D eigenvalue weighted by Crippen LogP contribution is 2.36. The van der Waals surface area contributed by atoms with Gasteiger partial charge in [0.1, 0.15) is 5.75 Å². The fraction of sp³-hybridized carbons (Fsp3) is 0.667. The summed E-state index contributed by atoms with van der Waals surface area (Å²) in [5.41, 5.74) is 1.38. The molecule has 3 nitrogen and oxygen atoms in total. The van der Waals surface area contributed by atoms with E-state index in [0.717, 1.165) is 37.8 Å². The van der Waals surface area contributed by atoms with Gasteiger partial charge in [0.2, 0.25) is 0 Å². The Labute approximate surface area is 128 Å². The van der Waals surface area contributed by atoms with Gasteiger partial charge in [-0.2, -0.15) is 0 Å². The van der Waals surface area contributed by atoms with E-state index in [9.17, 15) is 0 Å². The number of para-hydroxylation sites is 1. The molecule has 0 spiro atoms. The van der Waals surface area contributed by atoms with Crippen LogP contribution in [0.2, 0.25) is 0 Å². The lowest BCUT2D eigenvalue weighted by Crippen LogP contribution is -2.41. The summed E-state index contributed by atoms with van der Waals surface area (Å²) in [5, 5.41) is 3.73. The lowest BCUT2D eigenvalue weighted by atomic mass is 9.97. The van der Waals surface area contributed by atoms with Crippen LogP contribution in [0.4, 0.5) is 0 Å². The molecule has 3 rings (SSSR count). The molecule has 0 aromatic heterocycles. The maximum atomic E-state index is 5.82. The monoisotopic (exact) mass is 288 g/mol. The zero-order valence-electron chi connectivity index (χ0n) is 13.3. The predicted octanol–water partition coefficient (Wildman–Crippen LogP) is 3.22. The second kappa shape index (κ2) is 6.80. The third-order valence-electron chi connectivity index (χ3n) is 4.63. The molecule has 1 N–H and O–H groups in total. The Kier molecular flexibility index (Phi) is 4.81. The van der Waals surface area contributed by atoms with Gasteiger partial charge in [0.15, 0.2) is 0 Å². The van der Waals surface area contributed by atoms with E-state index >= 15 is 0 Å². The first kappa shape index (κ1) is 14.9. The van der Waals surface area contributed by atoms with Gasteiger partial charge in [-0.25, -0.2) is 0 Å². The van der Waals surface area contributed by atoms with Crippen LogP contribution in [0.25, 0.3) is 0 Å². The first-order valence-electron chi connectivity index (χ1n) is 8.43. The largest absolute Gasteiger partial charge is 0.493 e. The predicted molar refractivity (Wildman–Crippen MR) is 86.7 cm³/mol. The molecule has 0 bridgehead atoms. The number of rotatable bonds is 3. The smallest absolute Gasteiger partial charge is 0.124 e. The zero-order chi connectivity index (χ0) is 14.7. The lowest BCUT2D eigenvalue weighted by molar-refractivity contribution is 0.135. The fourth-order valence-corrected chi connectivity index (χ4v) is 3.74. The van der Waals surface area contributed by atoms with Crippen LogP contribution in [0, 0.1) is 5.92 Å². The fourth-order valence-electron chi connectivity index (χ4n) is 3.74. The molecule has 2 unspecified atom stereocenters. The van der Waals surface area contributed by atoms with Crippen LogP contribution < -0.4 is 10.1 Å². The second-order valence-electron chi connectivity index (χ2n) is 6.82. The van der Waals surface area contributed by atoms with Gasteiger partial charge in [-0.1, -0.05) is 32.0 Å². The molecule has 1 saturated heterocycles. The molecular weight excluding hydrogens is 260 g/mol. The minimum absolute atomic E-state index is 0.532. The standard InChI is InChI=1S/C18H28N2O/c1-14(2)12-15-13-20(10-5-9-19-15)17-8-11-21-18-7-4-3-6-16(17)18/h3-4,6-7,14-15,17,19H,5,8-13H2,1-2H3. The number of fused-ring (bicyclic) bond motifs is 1. The van der Waals surface area contributed by atoms with Crippen LogP contribution in [-0.2, 0) is 0 Å². The van der Waals surface area contributed by atoms with E-state index in [1.165, 1.54) is 24.9 Å². The molecular formula is C18H28N2O. The summed E-state index contributed by atoms with van der Waals surface area (Å²) in [5.74, 6) is 1.84. The Morgan fingerprint density at radius 2 is 2.19 bits per heavy atom. The molecule has 0 amide bonds. The normalized spacial score (nSPS) is 27.0. The summed E-state index contributed by atoms with van der Waals surface area (Å²) < 4.78 is 5.82. The molecule has 3 heteroatoms. The molecule has 0 saturated carbocycles. The van der Waals surface area contributed by atoms with Gasteiger partial charge < -0.3 is 10.1 Å². The van der Waals surface area contributed by atoms with Gasteiger partial charge in [-0.05, 0) is 31.4 Å². The highest BCUT2D eigenvalue weighted by Gasteiger charge is 2.29. The van der Waals surface area contributed by atoms with E-state index in [1.807, 2.05) is 0 Å². The zero-order valence-corrected chi connectivity index (χ0v) is 13.3. The number of benzene rings is 1. The van der Waals surface area contributed by atoms with Crippen molar-refractivity contribution < 1.29 is 4.74 Å². The van der Waals surface area contributed by atoms with E-state index in [-0.39, 0.29) is 0 Å². The van der Waals surface area contributed by atoms with Crippen LogP contribution in [0.3, 0.4) is 0 Å². The topological polar surface area (TPSA) is 24.5 Å². The Hall–Kier alpha value is -1.06. The molecule has 2 aliphatic heterocycles. The number of ether oxygens (including phenoxy) is 1. The molecule has 0 radical (unpaired) electrons. The van der Waals surface area contributed by atoms with Crippen molar-refractivity contribution in [2.75, 3.05) is 26.2 Å². The van der Waals surface area contributed by atoms with Crippen LogP contribution in [0.5, 0.6) is 5.75 Å². The van der Waals surface area contributed by atoms with Crippen molar-refractivity contribution in [1.29, 1.82) is 0 Å². The van der Waals surface area contributed by atoms with Gasteiger partial charge in [-0.3, -0.25) is 4.90 Å². The summed E-state index contributed by atoms with van der Waals surface area (Å²) in [6.07, 6.45) is 3.63. The van der Waals surface area contributed by atoms with Gasteiger partial charge >= 0.3 is 0 Å². The maximum Gasteiger partial charge on any atom is 0.124 e. The first-order chi connectivity index (χ1) is 10.2. The number of nitrogens with zero attached hydrogens (tertiary/aromatic N) is 1. The highest BCUT2D eigenvalue weighted by atomic mass is 16.5. The number of hydrogen-bond acceptors (Lipinski definition) is 3. The molecule has 2 aliphatic rings. The third-order valence-corrected chi connectivity index (χ3v) is 4.63. The van der Waals surface area contributed by atoms with Gasteiger partial charge in [0.05, 0.1) is 6.61 Å². The van der Waals surface area contributed by atoms with E-state index in [4.69, 9.17) is 4.74 Å². The number of hydrogen-bond donors (Lipinski definition) is 1. The van der Waals surface area contributed by atoms with E-state index in [1.54, 1.807) is 0 Å². The van der Waals surface area contributed by atoms with Gasteiger partial charge in [-0.15, -0.1) is 0 Å². The summed E-state index contributed by atoms with van der Waals surface area (Å²) >= 11 is 0. The summed E-state index contributed by atoms with van der Waals surface area (Å²) in [6.45, 7) is 9.00. The van der Waals surface area contributed by atoms with E-state index in [2.05, 4.69) is 48.3 Å². The molecule has 2 atom stereocenters. The van der Waals surface area contributed by atoms with Crippen molar-refractivity contribution in [1.82, 2.24) is 10.2 Å². The molecule has 21 heavy (non-hydrogen) atoms. The maximum absolute atomic E-state index is 5.82. The molecule has 0 aliphatic carbocycles. The minimum Gasteiger partial charge on any atom is -0.493 e. The molecule has 116 valence electrons. The van der Waals surface area contributed by atoms with Crippen LogP contribution in [-0.4, -0.2) is 37.2 Å². The van der Waals surface area contributed by atoms with Crippen molar-refractivity contribution in [3.8, 4) is 5.75 Å². The molecule has 1 fully saturated rings. The first-order valence-corrected chi connectivity index (χ1v) is 8.43. The Morgan fingerprint density at radius 3 is 3.05 bits per heavy atom. The Balaban J connectivity index is 1.76. The average Bonchev–Trinajstić information content (AvgIpc) is 2.71. The summed E-state index contributed by atoms with van der Waals surface area (Å²) in [7, 11) is 0. The quantitative estimate of drug-likeness (QED) is 0.924. The van der Waals surface area contributed by atoms with Crippen molar-refractivity contribution >= 4 is 0 Å². The van der Waals surface area contributed by atoms with Crippen molar-refractivity contribution in [2.24, 2.45) is 5.92 Å². The second-order valence-corrected chi connectivity index (χ2v) is 6.82. The third kappa shape index (κ3) is 3.58. The van der Waals surface area contributed by atoms with Crippen molar-refractivity contribution in [2.45, 2.75) is 45.2 Å². The van der Waals surface area contributed by atoms with Crippen molar-refractivity contribution in [3.63, 3.8) is 0 Å². The van der Waals surface area contributed by atoms with Gasteiger partial charge in [0.25, 0.3) is 0 Å². The van der Waals surface area contributed by atoms with Crippen LogP contribution in [0.1, 0.15) is 44.7 Å². The minimum atomic E-state index is 0.532. The molecule has 1 aromatic carbocycles. The summed E-state index contributed by atoms with van der Waals surface area (Å²) in [6, 6.07) is 9.74. The number of nitrogens with one attached hydrogen (secondary N) is 1. The van der Waals surface area contributed by atoms with Crippen LogP contribution in [0.15, 0.2) is 24.3 Å². The molecule has 1 aromatic rings. The molecule has 2 heterocycles. The Morgan fingerprint density at radius 1 is 1.33 bits per heavy atom. The lowest BCUT2D eigenvalue weighted by Gasteiger charge is -2.36. The van der Waals surface area contributed by atoms with Crippen LogP contribution >= 0.6 is 0 Å². The SMILES string of the molecule is CC(C)CC1CN(C2CCOc3ccccc32)CCCN1. The van der Waals surface area contributed by atoms with Crippen molar-refractivity contribution in [3.05, 3.63) is 29.8 Å². The highest BCUT2D eigenvalue weighted by molar-refractivity contribution is 5.37.